The van der Waals surface area contributed by atoms with E-state index in [1.54, 1.807) is 6.07 Å². The third kappa shape index (κ3) is 18.4. The van der Waals surface area contributed by atoms with E-state index < -0.39 is 128 Å². The van der Waals surface area contributed by atoms with Crippen LogP contribution in [0.5, 0.6) is 0 Å². The van der Waals surface area contributed by atoms with Crippen molar-refractivity contribution in [2.24, 2.45) is 0 Å². The van der Waals surface area contributed by atoms with E-state index in [9.17, 15) is 77.9 Å². The molecule has 13 N–H and O–H groups in total. The molecule has 0 saturated carbocycles. The molecule has 25 heteroatoms. The minimum Gasteiger partial charge on any atom is -0.481 e. The summed E-state index contributed by atoms with van der Waals surface area (Å²) in [4.78, 5) is 127. The van der Waals surface area contributed by atoms with Crippen molar-refractivity contribution in [3.05, 3.63) is 113 Å². The Morgan fingerprint density at radius 1 is 0.569 bits per heavy atom. The average molecular weight is 1000 g/mol. The van der Waals surface area contributed by atoms with Crippen LogP contribution in [0.15, 0.2) is 85.1 Å². The number of nitrogens with zero attached hydrogens (tertiary/aromatic N) is 1. The Bertz CT molecular complexity index is 2600. The molecule has 1 aromatic heterocycles. The number of carbonyl (C=O) groups excluding carboxylic acids is 6. The normalized spacial score (nSPS) is 13.0. The lowest BCUT2D eigenvalue weighted by atomic mass is 10.0. The topological polar surface area (TPSA) is 389 Å². The molecule has 0 spiro atoms. The second kappa shape index (κ2) is 27.6. The number of carboxylic acid groups (broad SMARTS) is 4. The van der Waals surface area contributed by atoms with Crippen molar-refractivity contribution in [1.29, 1.82) is 0 Å². The van der Waals surface area contributed by atoms with Crippen LogP contribution in [0.2, 0.25) is 0 Å². The molecule has 0 aliphatic heterocycles. The number of halogens is 1. The van der Waals surface area contributed by atoms with Crippen LogP contribution in [-0.2, 0) is 46.5 Å². The number of nitrogens with one attached hydrogen (secondary N) is 7. The first kappa shape index (κ1) is 56.0. The molecule has 0 aliphatic carbocycles. The maximum absolute atomic E-state index is 13.6. The minimum absolute atomic E-state index is 0.0246. The lowest BCUT2D eigenvalue weighted by molar-refractivity contribution is -0.147. The average Bonchev–Trinajstić information content (AvgIpc) is 3.34. The van der Waals surface area contributed by atoms with Crippen LogP contribution in [0.4, 0.5) is 9.18 Å². The van der Waals surface area contributed by atoms with Gasteiger partial charge in [-0.1, -0.05) is 54.6 Å². The largest absolute Gasteiger partial charge is 0.481 e. The van der Waals surface area contributed by atoms with Gasteiger partial charge in [0.15, 0.2) is 6.29 Å². The van der Waals surface area contributed by atoms with E-state index in [4.69, 9.17) is 5.11 Å². The molecular weight excluding hydrogens is 952 g/mol. The molecule has 5 atom stereocenters. The van der Waals surface area contributed by atoms with Crippen LogP contribution >= 0.6 is 0 Å². The number of carbonyl (C=O) groups is 10. The van der Waals surface area contributed by atoms with Gasteiger partial charge < -0.3 is 67.9 Å². The Balaban J connectivity index is 1.32. The minimum atomic E-state index is -2.15. The fraction of sp³-hybridized carbons (Fsp3) is 0.340. The molecule has 3 aromatic carbocycles. The van der Waals surface area contributed by atoms with Gasteiger partial charge in [0.25, 0.3) is 17.7 Å². The number of benzene rings is 3. The van der Waals surface area contributed by atoms with Gasteiger partial charge in [-0.2, -0.15) is 4.39 Å². The molecule has 4 rings (SSSR count). The number of aliphatic hydroxyl groups excluding tert-OH is 1. The molecule has 0 bridgehead atoms. The molecule has 1 heterocycles. The number of urea groups is 1. The quantitative estimate of drug-likeness (QED) is 0.0156. The number of aromatic nitrogens is 1. The highest BCUT2D eigenvalue weighted by atomic mass is 19.1. The Hall–Kier alpha value is -8.58. The van der Waals surface area contributed by atoms with Gasteiger partial charge in [0.1, 0.15) is 18.1 Å². The van der Waals surface area contributed by atoms with E-state index in [1.165, 1.54) is 24.3 Å². The summed E-state index contributed by atoms with van der Waals surface area (Å²) in [7, 11) is 0. The molecule has 0 fully saturated rings. The van der Waals surface area contributed by atoms with E-state index in [-0.39, 0.29) is 49.9 Å². The molecular formula is C47H53FN8O16. The van der Waals surface area contributed by atoms with Gasteiger partial charge in [0.05, 0.1) is 11.6 Å². The third-order valence-corrected chi connectivity index (χ3v) is 10.8. The molecule has 384 valence electrons. The van der Waals surface area contributed by atoms with Crippen molar-refractivity contribution in [3.8, 4) is 0 Å². The highest BCUT2D eigenvalue weighted by Crippen LogP contribution is 2.18. The number of amides is 7. The fourth-order valence-corrected chi connectivity index (χ4v) is 6.88. The van der Waals surface area contributed by atoms with E-state index in [2.05, 4.69) is 31.6 Å². The number of pyridine rings is 1. The summed E-state index contributed by atoms with van der Waals surface area (Å²) in [5.74, 6) is -11.0. The zero-order chi connectivity index (χ0) is 52.9. The number of hydrogen-bond acceptors (Lipinski definition) is 13. The van der Waals surface area contributed by atoms with Crippen LogP contribution in [0, 0.1) is 5.95 Å². The van der Waals surface area contributed by atoms with Crippen LogP contribution < -0.4 is 37.2 Å². The van der Waals surface area contributed by atoms with E-state index in [1.807, 2.05) is 47.0 Å². The molecule has 72 heavy (non-hydrogen) atoms. The predicted molar refractivity (Wildman–Crippen MR) is 248 cm³/mol. The lowest BCUT2D eigenvalue weighted by Crippen LogP contribution is -2.51. The number of carboxylic acids is 4. The highest BCUT2D eigenvalue weighted by molar-refractivity contribution is 6.04. The molecule has 7 amide bonds. The number of rotatable bonds is 28. The Morgan fingerprint density at radius 3 is 1.81 bits per heavy atom. The molecule has 0 aliphatic rings. The molecule has 0 saturated heterocycles. The smallest absolute Gasteiger partial charge is 0.336 e. The summed E-state index contributed by atoms with van der Waals surface area (Å²) >= 11 is 0. The molecule has 4 aromatic rings. The van der Waals surface area contributed by atoms with Gasteiger partial charge >= 0.3 is 29.9 Å². The summed E-state index contributed by atoms with van der Waals surface area (Å²) in [6.07, 6.45) is -2.90. The number of fused-ring (bicyclic) bond motifs is 1. The van der Waals surface area contributed by atoms with Gasteiger partial charge in [0, 0.05) is 44.1 Å². The van der Waals surface area contributed by atoms with Gasteiger partial charge in [0.2, 0.25) is 23.8 Å². The van der Waals surface area contributed by atoms with Crippen molar-refractivity contribution in [3.63, 3.8) is 0 Å². The highest BCUT2D eigenvalue weighted by Gasteiger charge is 2.30. The van der Waals surface area contributed by atoms with Crippen molar-refractivity contribution in [2.45, 2.75) is 94.4 Å². The first-order chi connectivity index (χ1) is 34.2. The summed E-state index contributed by atoms with van der Waals surface area (Å²) in [5, 5.41) is 75.0. The van der Waals surface area contributed by atoms with Gasteiger partial charge in [-0.05, 0) is 78.3 Å². The third-order valence-electron chi connectivity index (χ3n) is 10.8. The second-order valence-corrected chi connectivity index (χ2v) is 16.2. The monoisotopic (exact) mass is 1000 g/mol. The number of unbranched alkanes of at least 4 members (excludes halogenated alkanes) is 1. The maximum atomic E-state index is 13.6. The van der Waals surface area contributed by atoms with Crippen molar-refractivity contribution in [1.82, 2.24) is 42.2 Å². The number of aliphatic hydroxyl groups is 2. The van der Waals surface area contributed by atoms with Crippen LogP contribution in [-0.4, -0.2) is 138 Å². The second-order valence-electron chi connectivity index (χ2n) is 16.2. The Kier molecular flexibility index (Phi) is 21.4. The van der Waals surface area contributed by atoms with Gasteiger partial charge in [-0.25, -0.2) is 24.2 Å². The standard InChI is InChI=1S/C47H53FN8O16/c48-35-17-14-30(24-50-35)40(61)52-32(44(66)67)15-18-36(57)56-38(46(70)71)42(63)51-23-25-8-12-28(13-9-25)39(60)53-34(22-26-10-11-27-5-1-2-6-29(27)21-26)41(62)49-20-4-3-7-31(43(64)65)54-47(72)55-33(45(68)69)16-19-37(58)59/h1-2,5-6,8-14,17,21,24,31-34,38,44,66-67H,3-4,7,15-16,18-20,22-23H2,(H,49,62)(H,51,63)(H,52,61)(H,53,60)(H,56,57)(H,58,59)(H,64,65)(H,68,69)(H,70,71)(H2,54,55,72). The zero-order valence-electron chi connectivity index (χ0n) is 38.2. The first-order valence-corrected chi connectivity index (χ1v) is 22.2. The van der Waals surface area contributed by atoms with E-state index in [0.29, 0.717) is 11.1 Å². The first-order valence-electron chi connectivity index (χ1n) is 22.2. The van der Waals surface area contributed by atoms with Crippen LogP contribution in [0.1, 0.15) is 76.8 Å². The van der Waals surface area contributed by atoms with Crippen molar-refractivity contribution in [2.75, 3.05) is 6.54 Å². The predicted octanol–water partition coefficient (Wildman–Crippen LogP) is 0.147. The van der Waals surface area contributed by atoms with Gasteiger partial charge in [-0.15, -0.1) is 0 Å². The van der Waals surface area contributed by atoms with Crippen molar-refractivity contribution < 1.29 is 83.0 Å². The van der Waals surface area contributed by atoms with Crippen LogP contribution in [0.3, 0.4) is 0 Å². The molecule has 24 nitrogen and oxygen atoms in total. The summed E-state index contributed by atoms with van der Waals surface area (Å²) < 4.78 is 13.1. The maximum Gasteiger partial charge on any atom is 0.336 e. The number of hydrogen-bond donors (Lipinski definition) is 13. The summed E-state index contributed by atoms with van der Waals surface area (Å²) in [5.41, 5.74) is 1.08. The van der Waals surface area contributed by atoms with Crippen LogP contribution in [0.25, 0.3) is 10.8 Å². The van der Waals surface area contributed by atoms with Gasteiger partial charge in [-0.3, -0.25) is 28.8 Å². The zero-order valence-corrected chi connectivity index (χ0v) is 38.2. The molecule has 5 unspecified atom stereocenters. The van der Waals surface area contributed by atoms with E-state index >= 15 is 0 Å². The Labute approximate surface area is 408 Å². The summed E-state index contributed by atoms with van der Waals surface area (Å²) in [6.45, 7) is -0.233. The fourth-order valence-electron chi connectivity index (χ4n) is 6.88. The van der Waals surface area contributed by atoms with Crippen molar-refractivity contribution >= 4 is 70.2 Å². The summed E-state index contributed by atoms with van der Waals surface area (Å²) in [6, 6.07) is 11.9. The SMILES string of the molecule is O=C(O)CCC(NC(=O)NC(CCCCNC(=O)C(Cc1ccc2ccccc2c1)NC(=O)c1ccc(CNC(=O)C(NC(=O)CCC(NC(=O)c2ccc(F)nc2)C(O)O)C(=O)O)cc1)C(=O)O)C(=O)O. The molecule has 0 radical (unpaired) electrons. The lowest BCUT2D eigenvalue weighted by Gasteiger charge is -2.21. The van der Waals surface area contributed by atoms with E-state index in [0.717, 1.165) is 29.1 Å². The Morgan fingerprint density at radius 2 is 1.19 bits per heavy atom. The number of aliphatic carboxylic acids is 4.